The van der Waals surface area contributed by atoms with E-state index in [-0.39, 0.29) is 0 Å². The first-order valence-electron chi connectivity index (χ1n) is 4.64. The van der Waals surface area contributed by atoms with Crippen LogP contribution in [0.2, 0.25) is 0 Å². The van der Waals surface area contributed by atoms with Crippen LogP contribution in [-0.2, 0) is 6.42 Å². The SMILES string of the molecule is CC1=CCCc2c(Br)cc(C)cc21. The van der Waals surface area contributed by atoms with E-state index in [9.17, 15) is 0 Å². The molecule has 0 N–H and O–H groups in total. The van der Waals surface area contributed by atoms with Crippen LogP contribution in [0.25, 0.3) is 5.57 Å². The molecule has 0 fully saturated rings. The predicted octanol–water partition coefficient (Wildman–Crippen LogP) is 4.11. The fraction of sp³-hybridized carbons (Fsp3) is 0.333. The summed E-state index contributed by atoms with van der Waals surface area (Å²) in [6, 6.07) is 4.49. The Labute approximate surface area is 87.8 Å². The van der Waals surface area contributed by atoms with E-state index in [0.717, 1.165) is 0 Å². The lowest BCUT2D eigenvalue weighted by Crippen LogP contribution is -1.99. The molecule has 1 aliphatic rings. The summed E-state index contributed by atoms with van der Waals surface area (Å²) in [5.41, 5.74) is 5.66. The molecule has 1 aliphatic carbocycles. The number of rotatable bonds is 0. The van der Waals surface area contributed by atoms with Crippen LogP contribution in [0, 0.1) is 6.92 Å². The van der Waals surface area contributed by atoms with E-state index < -0.39 is 0 Å². The van der Waals surface area contributed by atoms with Gasteiger partial charge < -0.3 is 0 Å². The van der Waals surface area contributed by atoms with Gasteiger partial charge in [-0.15, -0.1) is 0 Å². The molecule has 0 nitrogen and oxygen atoms in total. The molecule has 1 aromatic rings. The Kier molecular flexibility index (Phi) is 2.29. The first-order chi connectivity index (χ1) is 6.18. The molecule has 0 aliphatic heterocycles. The van der Waals surface area contributed by atoms with Gasteiger partial charge in [-0.25, -0.2) is 0 Å². The number of hydrogen-bond acceptors (Lipinski definition) is 0. The van der Waals surface area contributed by atoms with Crippen molar-refractivity contribution in [2.45, 2.75) is 26.7 Å². The van der Waals surface area contributed by atoms with Crippen LogP contribution in [0.4, 0.5) is 0 Å². The molecule has 0 saturated carbocycles. The highest BCUT2D eigenvalue weighted by molar-refractivity contribution is 9.10. The van der Waals surface area contributed by atoms with Crippen LogP contribution in [0.5, 0.6) is 0 Å². The number of fused-ring (bicyclic) bond motifs is 1. The van der Waals surface area contributed by atoms with E-state index in [4.69, 9.17) is 0 Å². The molecule has 13 heavy (non-hydrogen) atoms. The van der Waals surface area contributed by atoms with Gasteiger partial charge in [0.05, 0.1) is 0 Å². The zero-order chi connectivity index (χ0) is 9.42. The second-order valence-electron chi connectivity index (χ2n) is 3.70. The van der Waals surface area contributed by atoms with E-state index in [2.05, 4.69) is 48.0 Å². The molecule has 1 aromatic carbocycles. The van der Waals surface area contributed by atoms with Crippen molar-refractivity contribution in [2.24, 2.45) is 0 Å². The number of allylic oxidation sites excluding steroid dienone is 2. The number of benzene rings is 1. The first kappa shape index (κ1) is 9.01. The van der Waals surface area contributed by atoms with Crippen molar-refractivity contribution < 1.29 is 0 Å². The number of hydrogen-bond donors (Lipinski definition) is 0. The van der Waals surface area contributed by atoms with Crippen molar-refractivity contribution >= 4 is 21.5 Å². The summed E-state index contributed by atoms with van der Waals surface area (Å²) in [5, 5.41) is 0. The Hall–Kier alpha value is -0.560. The maximum absolute atomic E-state index is 3.63. The summed E-state index contributed by atoms with van der Waals surface area (Å²) in [6.07, 6.45) is 4.68. The molecule has 0 aromatic heterocycles. The van der Waals surface area contributed by atoms with Crippen molar-refractivity contribution in [2.75, 3.05) is 0 Å². The monoisotopic (exact) mass is 236 g/mol. The van der Waals surface area contributed by atoms with Gasteiger partial charge in [-0.2, -0.15) is 0 Å². The minimum absolute atomic E-state index is 1.17. The van der Waals surface area contributed by atoms with Gasteiger partial charge in [0, 0.05) is 4.47 Å². The lowest BCUT2D eigenvalue weighted by molar-refractivity contribution is 0.966. The zero-order valence-electron chi connectivity index (χ0n) is 8.02. The minimum atomic E-state index is 1.17. The van der Waals surface area contributed by atoms with Crippen LogP contribution in [0.15, 0.2) is 22.7 Å². The third-order valence-corrected chi connectivity index (χ3v) is 3.32. The smallest absolute Gasteiger partial charge is 0.0216 e. The molecule has 0 atom stereocenters. The maximum Gasteiger partial charge on any atom is 0.0216 e. The highest BCUT2D eigenvalue weighted by Gasteiger charge is 2.12. The molecule has 1 heteroatoms. The topological polar surface area (TPSA) is 0 Å². The second kappa shape index (κ2) is 3.30. The summed E-state index contributed by atoms with van der Waals surface area (Å²) < 4.78 is 1.27. The molecular formula is C12H13Br. The van der Waals surface area contributed by atoms with E-state index in [1.54, 1.807) is 0 Å². The molecule has 0 unspecified atom stereocenters. The molecule has 0 spiro atoms. The van der Waals surface area contributed by atoms with Gasteiger partial charge in [0.2, 0.25) is 0 Å². The molecule has 0 heterocycles. The Balaban J connectivity index is 2.66. The van der Waals surface area contributed by atoms with Gasteiger partial charge in [0.15, 0.2) is 0 Å². The summed E-state index contributed by atoms with van der Waals surface area (Å²) >= 11 is 3.63. The maximum atomic E-state index is 3.63. The fourth-order valence-electron chi connectivity index (χ4n) is 1.92. The lowest BCUT2D eigenvalue weighted by Gasteiger charge is -2.17. The van der Waals surface area contributed by atoms with Gasteiger partial charge in [-0.1, -0.05) is 28.1 Å². The molecule has 0 amide bonds. The lowest BCUT2D eigenvalue weighted by atomic mass is 9.90. The molecular weight excluding hydrogens is 224 g/mol. The number of aryl methyl sites for hydroxylation is 1. The Morgan fingerprint density at radius 3 is 2.77 bits per heavy atom. The molecule has 68 valence electrons. The van der Waals surface area contributed by atoms with Gasteiger partial charge in [0.25, 0.3) is 0 Å². The normalized spacial score (nSPS) is 15.2. The molecule has 0 radical (unpaired) electrons. The van der Waals surface area contributed by atoms with E-state index in [1.165, 1.54) is 39.6 Å². The van der Waals surface area contributed by atoms with Crippen molar-refractivity contribution in [3.05, 3.63) is 39.4 Å². The van der Waals surface area contributed by atoms with Crippen LogP contribution in [0.3, 0.4) is 0 Å². The molecule has 0 saturated heterocycles. The minimum Gasteiger partial charge on any atom is -0.0807 e. The fourth-order valence-corrected chi connectivity index (χ4v) is 2.69. The average Bonchev–Trinajstić information content (AvgIpc) is 2.07. The predicted molar refractivity (Wildman–Crippen MR) is 60.9 cm³/mol. The quantitative estimate of drug-likeness (QED) is 0.637. The van der Waals surface area contributed by atoms with Crippen LogP contribution in [-0.4, -0.2) is 0 Å². The van der Waals surface area contributed by atoms with Gasteiger partial charge >= 0.3 is 0 Å². The van der Waals surface area contributed by atoms with E-state index in [0.29, 0.717) is 0 Å². The van der Waals surface area contributed by atoms with Crippen LogP contribution in [0.1, 0.15) is 30.0 Å². The van der Waals surface area contributed by atoms with Crippen LogP contribution < -0.4 is 0 Å². The Morgan fingerprint density at radius 2 is 2.00 bits per heavy atom. The summed E-state index contributed by atoms with van der Waals surface area (Å²) in [7, 11) is 0. The first-order valence-corrected chi connectivity index (χ1v) is 5.44. The van der Waals surface area contributed by atoms with Crippen LogP contribution >= 0.6 is 15.9 Å². The summed E-state index contributed by atoms with van der Waals surface area (Å²) in [5.74, 6) is 0. The van der Waals surface area contributed by atoms with Crippen molar-refractivity contribution in [1.29, 1.82) is 0 Å². The van der Waals surface area contributed by atoms with Crippen molar-refractivity contribution in [1.82, 2.24) is 0 Å². The zero-order valence-corrected chi connectivity index (χ0v) is 9.61. The third kappa shape index (κ3) is 1.58. The van der Waals surface area contributed by atoms with Gasteiger partial charge in [-0.05, 0) is 55.0 Å². The molecule has 2 rings (SSSR count). The standard InChI is InChI=1S/C12H13Br/c1-8-6-11-9(2)4-3-5-10(11)12(13)7-8/h4,6-7H,3,5H2,1-2H3. The van der Waals surface area contributed by atoms with E-state index in [1.807, 2.05) is 0 Å². The second-order valence-corrected chi connectivity index (χ2v) is 4.55. The average molecular weight is 237 g/mol. The van der Waals surface area contributed by atoms with E-state index >= 15 is 0 Å². The Morgan fingerprint density at radius 1 is 1.23 bits per heavy atom. The summed E-state index contributed by atoms with van der Waals surface area (Å²) in [6.45, 7) is 4.34. The third-order valence-electron chi connectivity index (χ3n) is 2.61. The van der Waals surface area contributed by atoms with Crippen molar-refractivity contribution in [3.63, 3.8) is 0 Å². The summed E-state index contributed by atoms with van der Waals surface area (Å²) in [4.78, 5) is 0. The Bertz CT molecular complexity index is 375. The number of halogens is 1. The van der Waals surface area contributed by atoms with Gasteiger partial charge in [0.1, 0.15) is 0 Å². The highest BCUT2D eigenvalue weighted by atomic mass is 79.9. The highest BCUT2D eigenvalue weighted by Crippen LogP contribution is 2.32. The van der Waals surface area contributed by atoms with Gasteiger partial charge in [-0.3, -0.25) is 0 Å². The largest absolute Gasteiger partial charge is 0.0807 e. The van der Waals surface area contributed by atoms with Crippen molar-refractivity contribution in [3.8, 4) is 0 Å². The molecule has 0 bridgehead atoms.